The molecular formula is C23H28N4O6S. The Hall–Kier alpha value is -3.02. The summed E-state index contributed by atoms with van der Waals surface area (Å²) in [5.74, 6) is -0.261. The molecule has 0 unspecified atom stereocenters. The number of nitro benzene ring substituents is 1. The van der Waals surface area contributed by atoms with Gasteiger partial charge in [0.15, 0.2) is 0 Å². The standard InChI is InChI=1S/C23H28N4O6S/c1-17-3-2-4-19(15-17)24-23(28)18-7-9-25(10-8-18)21-6-5-20(16-22(21)27(29)30)34(31,32)26-11-13-33-14-12-26/h2-6,15-16,18H,7-14H2,1H3,(H,24,28). The molecule has 0 radical (unpaired) electrons. The van der Waals surface area contributed by atoms with E-state index in [2.05, 4.69) is 5.32 Å². The molecule has 2 aromatic carbocycles. The number of aryl methyl sites for hydroxylation is 1. The van der Waals surface area contributed by atoms with Crippen LogP contribution in [0.4, 0.5) is 17.1 Å². The van der Waals surface area contributed by atoms with Crippen LogP contribution in [0.2, 0.25) is 0 Å². The van der Waals surface area contributed by atoms with Gasteiger partial charge in [0.1, 0.15) is 5.69 Å². The average molecular weight is 489 g/mol. The number of hydrogen-bond donors (Lipinski definition) is 1. The second-order valence-corrected chi connectivity index (χ2v) is 10.5. The Morgan fingerprint density at radius 3 is 2.44 bits per heavy atom. The summed E-state index contributed by atoms with van der Waals surface area (Å²) >= 11 is 0. The van der Waals surface area contributed by atoms with Crippen molar-refractivity contribution in [2.75, 3.05) is 49.6 Å². The van der Waals surface area contributed by atoms with Gasteiger partial charge >= 0.3 is 0 Å². The molecule has 2 aliphatic rings. The van der Waals surface area contributed by atoms with Gasteiger partial charge in [-0.1, -0.05) is 12.1 Å². The van der Waals surface area contributed by atoms with Crippen molar-refractivity contribution in [2.45, 2.75) is 24.7 Å². The number of benzene rings is 2. The van der Waals surface area contributed by atoms with Gasteiger partial charge in [0, 0.05) is 43.9 Å². The van der Waals surface area contributed by atoms with Gasteiger partial charge in [-0.2, -0.15) is 4.31 Å². The summed E-state index contributed by atoms with van der Waals surface area (Å²) in [4.78, 5) is 25.7. The Balaban J connectivity index is 1.46. The fourth-order valence-electron chi connectivity index (χ4n) is 4.36. The molecule has 1 N–H and O–H groups in total. The largest absolute Gasteiger partial charge is 0.379 e. The lowest BCUT2D eigenvalue weighted by Gasteiger charge is -2.33. The predicted octanol–water partition coefficient (Wildman–Crippen LogP) is 2.78. The van der Waals surface area contributed by atoms with Crippen LogP contribution >= 0.6 is 0 Å². The summed E-state index contributed by atoms with van der Waals surface area (Å²) in [6.07, 6.45) is 1.09. The van der Waals surface area contributed by atoms with Crippen molar-refractivity contribution < 1.29 is 22.9 Å². The highest BCUT2D eigenvalue weighted by Crippen LogP contribution is 2.34. The summed E-state index contributed by atoms with van der Waals surface area (Å²) in [6.45, 7) is 3.91. The van der Waals surface area contributed by atoms with Gasteiger partial charge in [0.05, 0.1) is 23.0 Å². The molecular weight excluding hydrogens is 460 g/mol. The van der Waals surface area contributed by atoms with E-state index in [0.29, 0.717) is 44.8 Å². The highest BCUT2D eigenvalue weighted by Gasteiger charge is 2.32. The Kier molecular flexibility index (Phi) is 7.15. The Morgan fingerprint density at radius 1 is 1.09 bits per heavy atom. The molecule has 2 fully saturated rings. The molecule has 2 heterocycles. The van der Waals surface area contributed by atoms with Gasteiger partial charge in [0.2, 0.25) is 15.9 Å². The minimum atomic E-state index is -3.84. The van der Waals surface area contributed by atoms with Gasteiger partial charge in [0.25, 0.3) is 5.69 Å². The van der Waals surface area contributed by atoms with E-state index in [1.165, 1.54) is 16.4 Å². The lowest BCUT2D eigenvalue weighted by atomic mass is 9.95. The third kappa shape index (κ3) is 5.21. The van der Waals surface area contributed by atoms with E-state index < -0.39 is 14.9 Å². The van der Waals surface area contributed by atoms with Crippen molar-refractivity contribution in [1.82, 2.24) is 4.31 Å². The molecule has 0 atom stereocenters. The molecule has 2 aromatic rings. The van der Waals surface area contributed by atoms with E-state index in [1.807, 2.05) is 36.1 Å². The summed E-state index contributed by atoms with van der Waals surface area (Å²) in [5.41, 5.74) is 1.92. The maximum Gasteiger partial charge on any atom is 0.293 e. The monoisotopic (exact) mass is 488 g/mol. The van der Waals surface area contributed by atoms with Crippen LogP contribution in [0.15, 0.2) is 47.4 Å². The number of carbonyl (C=O) groups is 1. The van der Waals surface area contributed by atoms with Gasteiger partial charge in [-0.15, -0.1) is 0 Å². The number of amides is 1. The number of hydrogen-bond acceptors (Lipinski definition) is 7. The first kappa shape index (κ1) is 24.1. The zero-order valence-electron chi connectivity index (χ0n) is 19.0. The number of nitro groups is 1. The van der Waals surface area contributed by atoms with E-state index in [1.54, 1.807) is 0 Å². The van der Waals surface area contributed by atoms with Crippen molar-refractivity contribution >= 4 is 33.0 Å². The molecule has 0 spiro atoms. The second-order valence-electron chi connectivity index (χ2n) is 8.54. The third-order valence-corrected chi connectivity index (χ3v) is 8.14. The van der Waals surface area contributed by atoms with Gasteiger partial charge in [-0.05, 0) is 49.6 Å². The third-order valence-electron chi connectivity index (χ3n) is 6.24. The predicted molar refractivity (Wildman–Crippen MR) is 127 cm³/mol. The van der Waals surface area contributed by atoms with Crippen molar-refractivity contribution in [3.05, 3.63) is 58.1 Å². The smallest absolute Gasteiger partial charge is 0.293 e. The minimum absolute atomic E-state index is 0.0632. The quantitative estimate of drug-likeness (QED) is 0.490. The van der Waals surface area contributed by atoms with E-state index >= 15 is 0 Å². The van der Waals surface area contributed by atoms with E-state index in [0.717, 1.165) is 17.3 Å². The van der Waals surface area contributed by atoms with Crippen LogP contribution in [-0.4, -0.2) is 62.9 Å². The van der Waals surface area contributed by atoms with E-state index in [-0.39, 0.29) is 35.5 Å². The molecule has 11 heteroatoms. The van der Waals surface area contributed by atoms with Crippen LogP contribution < -0.4 is 10.2 Å². The summed E-state index contributed by atoms with van der Waals surface area (Å²) < 4.78 is 32.3. The van der Waals surface area contributed by atoms with Crippen molar-refractivity contribution in [3.63, 3.8) is 0 Å². The SMILES string of the molecule is Cc1cccc(NC(=O)C2CCN(c3ccc(S(=O)(=O)N4CCOCC4)cc3[N+](=O)[O-])CC2)c1. The lowest BCUT2D eigenvalue weighted by molar-refractivity contribution is -0.384. The van der Waals surface area contributed by atoms with Crippen molar-refractivity contribution in [2.24, 2.45) is 5.92 Å². The molecule has 2 saturated heterocycles. The molecule has 182 valence electrons. The molecule has 4 rings (SSSR count). The zero-order chi connectivity index (χ0) is 24.3. The van der Waals surface area contributed by atoms with Crippen LogP contribution in [0.5, 0.6) is 0 Å². The zero-order valence-corrected chi connectivity index (χ0v) is 19.8. The van der Waals surface area contributed by atoms with Crippen LogP contribution in [0.3, 0.4) is 0 Å². The highest BCUT2D eigenvalue weighted by molar-refractivity contribution is 7.89. The minimum Gasteiger partial charge on any atom is -0.379 e. The van der Waals surface area contributed by atoms with Gasteiger partial charge in [-0.25, -0.2) is 8.42 Å². The van der Waals surface area contributed by atoms with Crippen molar-refractivity contribution in [1.29, 1.82) is 0 Å². The van der Waals surface area contributed by atoms with Crippen molar-refractivity contribution in [3.8, 4) is 0 Å². The molecule has 0 saturated carbocycles. The van der Waals surface area contributed by atoms with Crippen LogP contribution in [0.1, 0.15) is 18.4 Å². The number of ether oxygens (including phenoxy) is 1. The molecule has 34 heavy (non-hydrogen) atoms. The lowest BCUT2D eigenvalue weighted by Crippen LogP contribution is -2.40. The summed E-state index contributed by atoms with van der Waals surface area (Å²) in [7, 11) is -3.84. The number of morpholine rings is 1. The second kappa shape index (κ2) is 10.1. The average Bonchev–Trinajstić information content (AvgIpc) is 2.84. The Morgan fingerprint density at radius 2 is 1.79 bits per heavy atom. The van der Waals surface area contributed by atoms with Crippen LogP contribution in [0, 0.1) is 23.0 Å². The number of nitrogens with one attached hydrogen (secondary N) is 1. The van der Waals surface area contributed by atoms with E-state index in [9.17, 15) is 23.3 Å². The molecule has 10 nitrogen and oxygen atoms in total. The highest BCUT2D eigenvalue weighted by atomic mass is 32.2. The first-order chi connectivity index (χ1) is 16.3. The summed E-state index contributed by atoms with van der Waals surface area (Å²) in [6, 6.07) is 11.6. The maximum absolute atomic E-state index is 12.9. The Labute approximate surface area is 198 Å². The number of nitrogens with zero attached hydrogens (tertiary/aromatic N) is 3. The Bertz CT molecular complexity index is 1170. The molecule has 0 aliphatic carbocycles. The van der Waals surface area contributed by atoms with Gasteiger partial charge in [-0.3, -0.25) is 14.9 Å². The fourth-order valence-corrected chi connectivity index (χ4v) is 5.79. The molecule has 1 amide bonds. The first-order valence-electron chi connectivity index (χ1n) is 11.2. The summed E-state index contributed by atoms with van der Waals surface area (Å²) in [5, 5.41) is 14.8. The first-order valence-corrected chi connectivity index (χ1v) is 12.7. The van der Waals surface area contributed by atoms with Crippen LogP contribution in [-0.2, 0) is 19.6 Å². The topological polar surface area (TPSA) is 122 Å². The fraction of sp³-hybridized carbons (Fsp3) is 0.435. The molecule has 0 aromatic heterocycles. The van der Waals surface area contributed by atoms with E-state index in [4.69, 9.17) is 4.74 Å². The normalized spacial score (nSPS) is 18.0. The molecule has 2 aliphatic heterocycles. The van der Waals surface area contributed by atoms with Crippen LogP contribution in [0.25, 0.3) is 0 Å². The number of piperidine rings is 1. The maximum atomic E-state index is 12.9. The number of sulfonamides is 1. The number of rotatable bonds is 6. The number of carbonyl (C=O) groups excluding carboxylic acids is 1. The molecule has 0 bridgehead atoms. The number of anilines is 2. The van der Waals surface area contributed by atoms with Gasteiger partial charge < -0.3 is 15.0 Å².